The number of aliphatic hydroxyl groups is 1. The van der Waals surface area contributed by atoms with Gasteiger partial charge in [-0.3, -0.25) is 14.4 Å². The van der Waals surface area contributed by atoms with Gasteiger partial charge in [-0.1, -0.05) is 19.7 Å². The Morgan fingerprint density at radius 1 is 0.576 bits per heavy atom. The van der Waals surface area contributed by atoms with Gasteiger partial charge >= 0.3 is 35.8 Å². The van der Waals surface area contributed by atoms with Crippen LogP contribution in [-0.2, 0) is 43.0 Å². The second-order valence-corrected chi connectivity index (χ2v) is 6.91. The largest absolute Gasteiger partial charge is 0.481 e. The predicted octanol–water partition coefficient (Wildman–Crippen LogP) is -0.313. The monoisotopic (exact) mass is 472 g/mol. The van der Waals surface area contributed by atoms with E-state index >= 15 is 0 Å². The predicted molar refractivity (Wildman–Crippen MR) is 107 cm³/mol. The van der Waals surface area contributed by atoms with Crippen molar-refractivity contribution in [2.45, 2.75) is 19.3 Å². The van der Waals surface area contributed by atoms with Crippen molar-refractivity contribution in [1.82, 2.24) is 0 Å². The van der Waals surface area contributed by atoms with Crippen LogP contribution in [0.15, 0.2) is 36.5 Å². The van der Waals surface area contributed by atoms with Crippen molar-refractivity contribution >= 4 is 35.8 Å². The minimum Gasteiger partial charge on any atom is -0.481 e. The molecule has 13 heteroatoms. The van der Waals surface area contributed by atoms with Gasteiger partial charge in [0.05, 0.1) is 31.3 Å². The molecule has 0 aromatic rings. The number of rotatable bonds is 16. The highest BCUT2D eigenvalue weighted by atomic mass is 16.6. The minimum absolute atomic E-state index is 0.437. The highest BCUT2D eigenvalue weighted by Gasteiger charge is 2.36. The van der Waals surface area contributed by atoms with E-state index in [-0.39, 0.29) is 0 Å². The Labute approximate surface area is 187 Å². The average Bonchev–Trinajstić information content (AvgIpc) is 2.71. The smallest absolute Gasteiger partial charge is 0.334 e. The van der Waals surface area contributed by atoms with Crippen molar-refractivity contribution in [3.8, 4) is 0 Å². The zero-order valence-corrected chi connectivity index (χ0v) is 17.5. The van der Waals surface area contributed by atoms with Crippen LogP contribution in [-0.4, -0.2) is 82.7 Å². The molecule has 0 fully saturated rings. The second kappa shape index (κ2) is 13.4. The van der Waals surface area contributed by atoms with Crippen molar-refractivity contribution in [1.29, 1.82) is 0 Å². The number of carbonyl (C=O) groups excluding carboxylic acids is 3. The van der Waals surface area contributed by atoms with Gasteiger partial charge in [0.25, 0.3) is 0 Å². The number of aliphatic carboxylic acids is 3. The van der Waals surface area contributed by atoms with Gasteiger partial charge in [-0.25, -0.2) is 14.4 Å². The first-order valence-electron chi connectivity index (χ1n) is 9.04. The summed E-state index contributed by atoms with van der Waals surface area (Å²) in [7, 11) is 0. The molecular weight excluding hydrogens is 448 g/mol. The maximum atomic E-state index is 11.9. The van der Waals surface area contributed by atoms with Gasteiger partial charge in [-0.15, -0.1) is 0 Å². The van der Waals surface area contributed by atoms with Crippen LogP contribution in [0.25, 0.3) is 0 Å². The van der Waals surface area contributed by atoms with E-state index in [9.17, 15) is 33.9 Å². The van der Waals surface area contributed by atoms with Crippen LogP contribution in [0, 0.1) is 5.41 Å². The van der Waals surface area contributed by atoms with Crippen molar-refractivity contribution in [3.05, 3.63) is 36.5 Å². The minimum atomic E-state index is -1.78. The Morgan fingerprint density at radius 2 is 0.818 bits per heavy atom. The summed E-state index contributed by atoms with van der Waals surface area (Å²) >= 11 is 0. The third kappa shape index (κ3) is 11.3. The summed E-state index contributed by atoms with van der Waals surface area (Å²) in [5.74, 6) is -7.54. The zero-order chi connectivity index (χ0) is 25.8. The van der Waals surface area contributed by atoms with Gasteiger partial charge < -0.3 is 34.6 Å². The molecule has 0 aliphatic rings. The summed E-state index contributed by atoms with van der Waals surface area (Å²) < 4.78 is 14.7. The fourth-order valence-electron chi connectivity index (χ4n) is 1.99. The number of esters is 3. The molecule has 4 N–H and O–H groups in total. The molecule has 0 amide bonds. The van der Waals surface area contributed by atoms with E-state index < -0.39 is 104 Å². The van der Waals surface area contributed by atoms with Gasteiger partial charge in [0, 0.05) is 16.7 Å². The van der Waals surface area contributed by atoms with Gasteiger partial charge in [0.2, 0.25) is 0 Å². The maximum Gasteiger partial charge on any atom is 0.334 e. The van der Waals surface area contributed by atoms with Crippen LogP contribution in [0.5, 0.6) is 0 Å². The van der Waals surface area contributed by atoms with Crippen LogP contribution in [0.4, 0.5) is 0 Å². The number of carboxylic acids is 3. The fourth-order valence-corrected chi connectivity index (χ4v) is 1.99. The Kier molecular flexibility index (Phi) is 11.8. The lowest BCUT2D eigenvalue weighted by atomic mass is 9.92. The van der Waals surface area contributed by atoms with Crippen molar-refractivity contribution in [2.24, 2.45) is 5.41 Å². The molecule has 0 aromatic carbocycles. The summed E-state index contributed by atoms with van der Waals surface area (Å²) in [5.41, 5.74) is -3.09. The number of hydrogen-bond donors (Lipinski definition) is 4. The normalized spacial score (nSPS) is 10.5. The molecule has 0 spiro atoms. The van der Waals surface area contributed by atoms with Gasteiger partial charge in [0.15, 0.2) is 0 Å². The van der Waals surface area contributed by atoms with Crippen molar-refractivity contribution < 1.29 is 63.4 Å². The Hall–Kier alpha value is -4.00. The van der Waals surface area contributed by atoms with E-state index in [0.717, 1.165) is 0 Å². The molecule has 0 unspecified atom stereocenters. The molecular formula is C20H24O13. The van der Waals surface area contributed by atoms with E-state index in [1.807, 2.05) is 0 Å². The molecule has 0 atom stereocenters. The lowest BCUT2D eigenvalue weighted by molar-refractivity contribution is -0.162. The second-order valence-electron chi connectivity index (χ2n) is 6.91. The maximum absolute atomic E-state index is 11.9. The van der Waals surface area contributed by atoms with Crippen LogP contribution in [0.1, 0.15) is 19.3 Å². The molecule has 0 rings (SSSR count). The molecule has 0 saturated carbocycles. The van der Waals surface area contributed by atoms with E-state index in [1.54, 1.807) is 0 Å². The van der Waals surface area contributed by atoms with Gasteiger partial charge in [-0.05, 0) is 0 Å². The lowest BCUT2D eigenvalue weighted by Crippen LogP contribution is -2.43. The van der Waals surface area contributed by atoms with E-state index in [0.29, 0.717) is 0 Å². The molecule has 0 aliphatic carbocycles. The standard InChI is InChI=1S/C20H24O13/c1-11(4-14(22)23)17(28)31-8-20(7-21,9-32-18(29)12(2)5-15(24)25)10-33-19(30)13(3)6-16(26)27/h21H,1-10H2,(H,22,23)(H,24,25)(H,26,27). The lowest BCUT2D eigenvalue weighted by Gasteiger charge is -2.30. The first-order valence-corrected chi connectivity index (χ1v) is 9.04. The highest BCUT2D eigenvalue weighted by Crippen LogP contribution is 2.22. The van der Waals surface area contributed by atoms with E-state index in [1.165, 1.54) is 0 Å². The van der Waals surface area contributed by atoms with Crippen LogP contribution in [0.2, 0.25) is 0 Å². The Balaban J connectivity index is 5.44. The molecule has 0 saturated heterocycles. The van der Waals surface area contributed by atoms with E-state index in [4.69, 9.17) is 29.5 Å². The molecule has 0 bridgehead atoms. The van der Waals surface area contributed by atoms with Crippen LogP contribution < -0.4 is 0 Å². The van der Waals surface area contributed by atoms with Crippen molar-refractivity contribution in [2.75, 3.05) is 26.4 Å². The summed E-state index contributed by atoms with van der Waals surface area (Å²) in [6.07, 6.45) is -2.21. The SMILES string of the molecule is C=C(CC(=O)O)C(=O)OCC(CO)(COC(=O)C(=C)CC(=O)O)COC(=O)C(=C)CC(=O)O. The number of ether oxygens (including phenoxy) is 3. The Morgan fingerprint density at radius 3 is 1.00 bits per heavy atom. The highest BCUT2D eigenvalue weighted by molar-refractivity contribution is 5.94. The topological polar surface area (TPSA) is 211 Å². The molecule has 0 radical (unpaired) electrons. The van der Waals surface area contributed by atoms with Crippen molar-refractivity contribution in [3.63, 3.8) is 0 Å². The third-order valence-electron chi connectivity index (χ3n) is 3.82. The first kappa shape index (κ1) is 29.0. The zero-order valence-electron chi connectivity index (χ0n) is 17.5. The molecule has 0 heterocycles. The number of carbonyl (C=O) groups is 6. The first-order chi connectivity index (χ1) is 15.2. The molecule has 182 valence electrons. The summed E-state index contributed by atoms with van der Waals surface area (Å²) in [4.78, 5) is 67.9. The van der Waals surface area contributed by atoms with Crippen LogP contribution in [0.3, 0.4) is 0 Å². The summed E-state index contributed by atoms with van der Waals surface area (Å²) in [6, 6.07) is 0. The fraction of sp³-hybridized carbons (Fsp3) is 0.400. The number of aliphatic hydroxyl groups excluding tert-OH is 1. The Bertz CT molecular complexity index is 745. The average molecular weight is 472 g/mol. The number of carboxylic acid groups (broad SMARTS) is 3. The molecule has 13 nitrogen and oxygen atoms in total. The van der Waals surface area contributed by atoms with Crippen LogP contribution >= 0.6 is 0 Å². The quantitative estimate of drug-likeness (QED) is 0.129. The summed E-state index contributed by atoms with van der Waals surface area (Å²) in [6.45, 7) is 6.59. The van der Waals surface area contributed by atoms with Gasteiger partial charge in [-0.2, -0.15) is 0 Å². The molecule has 0 aliphatic heterocycles. The molecule has 0 aromatic heterocycles. The summed E-state index contributed by atoms with van der Waals surface area (Å²) in [5, 5.41) is 36.0. The van der Waals surface area contributed by atoms with E-state index in [2.05, 4.69) is 19.7 Å². The van der Waals surface area contributed by atoms with Gasteiger partial charge in [0.1, 0.15) is 19.8 Å². The number of hydrogen-bond acceptors (Lipinski definition) is 10. The molecule has 33 heavy (non-hydrogen) atoms. The third-order valence-corrected chi connectivity index (χ3v) is 3.82.